The Hall–Kier alpha value is -4.33. The molecular formula is C31H35N3O5. The highest BCUT2D eigenvalue weighted by atomic mass is 16.5. The molecule has 39 heavy (non-hydrogen) atoms. The molecule has 0 fully saturated rings. The van der Waals surface area contributed by atoms with Crippen molar-refractivity contribution < 1.29 is 14.3 Å². The predicted octanol–water partition coefficient (Wildman–Crippen LogP) is 4.42. The molecule has 1 N–H and O–H groups in total. The summed E-state index contributed by atoms with van der Waals surface area (Å²) >= 11 is 0. The minimum absolute atomic E-state index is 0.0576. The molecule has 1 atom stereocenters. The lowest BCUT2D eigenvalue weighted by molar-refractivity contribution is 0.0939. The standard InChI is InChI=1S/C31H35N3O5/c1-7-21(4)32-29(35)23-12-10-22(11-13-23)17-34-30(36)25-15-27(38-5)28(39-6)16-26(25)33(31(34)37)18-24-14-19(2)8-9-20(24)3/h8-16,21H,7,17-18H2,1-6H3,(H,32,35)/t21-/m1/s1. The Bertz CT molecular complexity index is 1630. The van der Waals surface area contributed by atoms with E-state index < -0.39 is 11.2 Å². The molecule has 0 aliphatic heterocycles. The van der Waals surface area contributed by atoms with Gasteiger partial charge in [-0.15, -0.1) is 0 Å². The van der Waals surface area contributed by atoms with E-state index in [-0.39, 0.29) is 25.0 Å². The van der Waals surface area contributed by atoms with Crippen LogP contribution in [-0.4, -0.2) is 35.3 Å². The normalized spacial score (nSPS) is 11.8. The van der Waals surface area contributed by atoms with Gasteiger partial charge in [0.2, 0.25) is 0 Å². The van der Waals surface area contributed by atoms with Gasteiger partial charge in [-0.05, 0) is 62.1 Å². The van der Waals surface area contributed by atoms with Gasteiger partial charge in [0.15, 0.2) is 11.5 Å². The third-order valence-electron chi connectivity index (χ3n) is 7.11. The van der Waals surface area contributed by atoms with E-state index in [1.54, 1.807) is 41.0 Å². The Balaban J connectivity index is 1.83. The number of nitrogens with zero attached hydrogens (tertiary/aromatic N) is 2. The molecule has 8 nitrogen and oxygen atoms in total. The number of nitrogens with one attached hydrogen (secondary N) is 1. The van der Waals surface area contributed by atoms with Crippen LogP contribution in [0.4, 0.5) is 0 Å². The number of fused-ring (bicyclic) bond motifs is 1. The summed E-state index contributed by atoms with van der Waals surface area (Å²) < 4.78 is 13.8. The zero-order valence-corrected chi connectivity index (χ0v) is 23.3. The highest BCUT2D eigenvalue weighted by molar-refractivity contribution is 5.94. The Labute approximate surface area is 227 Å². The molecule has 8 heteroatoms. The fourth-order valence-corrected chi connectivity index (χ4v) is 4.53. The summed E-state index contributed by atoms with van der Waals surface area (Å²) in [6.45, 7) is 8.31. The van der Waals surface area contributed by atoms with E-state index in [0.29, 0.717) is 28.0 Å². The lowest BCUT2D eigenvalue weighted by atomic mass is 10.1. The number of hydrogen-bond acceptors (Lipinski definition) is 5. The predicted molar refractivity (Wildman–Crippen MR) is 153 cm³/mol. The second kappa shape index (κ2) is 11.6. The fourth-order valence-electron chi connectivity index (χ4n) is 4.53. The molecule has 1 amide bonds. The molecular weight excluding hydrogens is 494 g/mol. The smallest absolute Gasteiger partial charge is 0.332 e. The second-order valence-corrected chi connectivity index (χ2v) is 9.89. The zero-order chi connectivity index (χ0) is 28.3. The Morgan fingerprint density at radius 1 is 0.897 bits per heavy atom. The lowest BCUT2D eigenvalue weighted by Crippen LogP contribution is -2.40. The number of hydrogen-bond donors (Lipinski definition) is 1. The largest absolute Gasteiger partial charge is 0.493 e. The van der Waals surface area contributed by atoms with Crippen molar-refractivity contribution in [2.24, 2.45) is 0 Å². The zero-order valence-electron chi connectivity index (χ0n) is 23.3. The highest BCUT2D eigenvalue weighted by Crippen LogP contribution is 2.30. The van der Waals surface area contributed by atoms with Crippen LogP contribution in [0.3, 0.4) is 0 Å². The van der Waals surface area contributed by atoms with E-state index in [9.17, 15) is 14.4 Å². The molecule has 204 valence electrons. The SMILES string of the molecule is CC[C@@H](C)NC(=O)c1ccc(Cn2c(=O)c3cc(OC)c(OC)cc3n(Cc3cc(C)ccc3C)c2=O)cc1. The Morgan fingerprint density at radius 3 is 2.21 bits per heavy atom. The van der Waals surface area contributed by atoms with E-state index in [1.165, 1.54) is 18.8 Å². The number of rotatable bonds is 9. The number of aromatic nitrogens is 2. The first kappa shape index (κ1) is 27.7. The fraction of sp³-hybridized carbons (Fsp3) is 0.323. The summed E-state index contributed by atoms with van der Waals surface area (Å²) in [4.78, 5) is 40.0. The molecule has 0 aliphatic rings. The Morgan fingerprint density at radius 2 is 1.56 bits per heavy atom. The van der Waals surface area contributed by atoms with Gasteiger partial charge in [-0.2, -0.15) is 0 Å². The molecule has 0 saturated heterocycles. The van der Waals surface area contributed by atoms with Crippen molar-refractivity contribution in [1.82, 2.24) is 14.5 Å². The van der Waals surface area contributed by atoms with Gasteiger partial charge in [-0.3, -0.25) is 18.7 Å². The summed E-state index contributed by atoms with van der Waals surface area (Å²) in [6, 6.07) is 16.4. The quantitative estimate of drug-likeness (QED) is 0.347. The van der Waals surface area contributed by atoms with Crippen molar-refractivity contribution in [3.8, 4) is 11.5 Å². The molecule has 0 bridgehead atoms. The van der Waals surface area contributed by atoms with Crippen LogP contribution in [0.2, 0.25) is 0 Å². The third-order valence-corrected chi connectivity index (χ3v) is 7.11. The van der Waals surface area contributed by atoms with Crippen LogP contribution in [0.15, 0.2) is 64.2 Å². The van der Waals surface area contributed by atoms with Gasteiger partial charge in [0, 0.05) is 17.7 Å². The third kappa shape index (κ3) is 5.74. The molecule has 0 spiro atoms. The summed E-state index contributed by atoms with van der Waals surface area (Å²) in [5, 5.41) is 3.29. The molecule has 3 aromatic carbocycles. The number of methoxy groups -OCH3 is 2. The minimum atomic E-state index is -0.431. The summed E-state index contributed by atoms with van der Waals surface area (Å²) in [7, 11) is 3.03. The van der Waals surface area contributed by atoms with Crippen molar-refractivity contribution >= 4 is 16.8 Å². The first-order valence-electron chi connectivity index (χ1n) is 13.0. The number of carbonyl (C=O) groups excluding carboxylic acids is 1. The first-order valence-corrected chi connectivity index (χ1v) is 13.0. The molecule has 1 heterocycles. The maximum absolute atomic E-state index is 13.9. The van der Waals surface area contributed by atoms with E-state index in [1.807, 2.05) is 45.9 Å². The van der Waals surface area contributed by atoms with Crippen molar-refractivity contribution in [3.05, 3.63) is 103 Å². The monoisotopic (exact) mass is 529 g/mol. The van der Waals surface area contributed by atoms with E-state index >= 15 is 0 Å². The Kier molecular flexibility index (Phi) is 8.24. The van der Waals surface area contributed by atoms with Crippen molar-refractivity contribution in [3.63, 3.8) is 0 Å². The van der Waals surface area contributed by atoms with E-state index in [2.05, 4.69) is 5.32 Å². The number of benzene rings is 3. The summed E-state index contributed by atoms with van der Waals surface area (Å²) in [5.41, 5.74) is 3.97. The maximum Gasteiger partial charge on any atom is 0.332 e. The van der Waals surface area contributed by atoms with Crippen LogP contribution in [0, 0.1) is 13.8 Å². The van der Waals surface area contributed by atoms with Gasteiger partial charge in [-0.25, -0.2) is 4.79 Å². The first-order chi connectivity index (χ1) is 18.7. The van der Waals surface area contributed by atoms with Gasteiger partial charge in [0.05, 0.1) is 38.2 Å². The highest BCUT2D eigenvalue weighted by Gasteiger charge is 2.18. The average molecular weight is 530 g/mol. The second-order valence-electron chi connectivity index (χ2n) is 9.89. The molecule has 1 aromatic heterocycles. The molecule has 0 aliphatic carbocycles. The van der Waals surface area contributed by atoms with E-state index in [0.717, 1.165) is 28.7 Å². The van der Waals surface area contributed by atoms with Gasteiger partial charge < -0.3 is 14.8 Å². The van der Waals surface area contributed by atoms with Crippen LogP contribution < -0.4 is 26.0 Å². The number of carbonyl (C=O) groups is 1. The van der Waals surface area contributed by atoms with Gasteiger partial charge in [0.25, 0.3) is 11.5 Å². The number of amides is 1. The topological polar surface area (TPSA) is 91.6 Å². The molecule has 4 aromatic rings. The maximum atomic E-state index is 13.9. The van der Waals surface area contributed by atoms with Crippen molar-refractivity contribution in [2.45, 2.75) is 53.2 Å². The lowest BCUT2D eigenvalue weighted by Gasteiger charge is -2.18. The van der Waals surface area contributed by atoms with Gasteiger partial charge in [-0.1, -0.05) is 42.8 Å². The van der Waals surface area contributed by atoms with Crippen LogP contribution in [-0.2, 0) is 13.1 Å². The average Bonchev–Trinajstić information content (AvgIpc) is 2.94. The van der Waals surface area contributed by atoms with Crippen molar-refractivity contribution in [2.75, 3.05) is 14.2 Å². The summed E-state index contributed by atoms with van der Waals surface area (Å²) in [5.74, 6) is 0.681. The molecule has 0 unspecified atom stereocenters. The summed E-state index contributed by atoms with van der Waals surface area (Å²) in [6.07, 6.45) is 0.833. The number of ether oxygens (including phenoxy) is 2. The van der Waals surface area contributed by atoms with E-state index in [4.69, 9.17) is 9.47 Å². The molecule has 0 radical (unpaired) electrons. The molecule has 0 saturated carbocycles. The minimum Gasteiger partial charge on any atom is -0.493 e. The molecule has 4 rings (SSSR count). The van der Waals surface area contributed by atoms with Crippen molar-refractivity contribution in [1.29, 1.82) is 0 Å². The van der Waals surface area contributed by atoms with Gasteiger partial charge in [0.1, 0.15) is 0 Å². The van der Waals surface area contributed by atoms with Crippen LogP contribution in [0.1, 0.15) is 52.9 Å². The van der Waals surface area contributed by atoms with Crippen LogP contribution in [0.25, 0.3) is 10.9 Å². The van der Waals surface area contributed by atoms with Crippen LogP contribution >= 0.6 is 0 Å². The van der Waals surface area contributed by atoms with Gasteiger partial charge >= 0.3 is 5.69 Å². The number of aryl methyl sites for hydroxylation is 2. The van der Waals surface area contributed by atoms with Crippen LogP contribution in [0.5, 0.6) is 11.5 Å².